The third kappa shape index (κ3) is 4.15. The van der Waals surface area contributed by atoms with Gasteiger partial charge < -0.3 is 5.73 Å². The van der Waals surface area contributed by atoms with E-state index >= 15 is 0 Å². The van der Waals surface area contributed by atoms with Crippen molar-refractivity contribution in [3.63, 3.8) is 0 Å². The van der Waals surface area contributed by atoms with Crippen molar-refractivity contribution in [2.24, 2.45) is 5.73 Å². The van der Waals surface area contributed by atoms with Crippen LogP contribution in [0.25, 0.3) is 0 Å². The van der Waals surface area contributed by atoms with Crippen molar-refractivity contribution < 1.29 is 4.21 Å². The van der Waals surface area contributed by atoms with Crippen molar-refractivity contribution in [2.75, 3.05) is 18.1 Å². The smallest absolute Gasteiger partial charge is 0.0412 e. The second kappa shape index (κ2) is 5.83. The molecule has 0 aliphatic heterocycles. The van der Waals surface area contributed by atoms with E-state index in [1.165, 1.54) is 0 Å². The fourth-order valence-electron chi connectivity index (χ4n) is 0.998. The van der Waals surface area contributed by atoms with Gasteiger partial charge in [0.05, 0.1) is 0 Å². The molecular formula is C9H14N2OS. The molecule has 3 nitrogen and oxygen atoms in total. The highest BCUT2D eigenvalue weighted by atomic mass is 32.2. The summed E-state index contributed by atoms with van der Waals surface area (Å²) >= 11 is 0. The molecule has 0 radical (unpaired) electrons. The molecule has 13 heavy (non-hydrogen) atoms. The van der Waals surface area contributed by atoms with Crippen LogP contribution in [-0.2, 0) is 17.2 Å². The van der Waals surface area contributed by atoms with E-state index in [0.717, 1.165) is 12.1 Å². The van der Waals surface area contributed by atoms with Gasteiger partial charge in [0, 0.05) is 47.2 Å². The van der Waals surface area contributed by atoms with Crippen LogP contribution in [0.4, 0.5) is 0 Å². The van der Waals surface area contributed by atoms with Crippen molar-refractivity contribution in [3.05, 3.63) is 30.1 Å². The molecule has 0 saturated heterocycles. The van der Waals surface area contributed by atoms with Crippen LogP contribution in [0.15, 0.2) is 24.4 Å². The number of aromatic nitrogens is 1. The van der Waals surface area contributed by atoms with Gasteiger partial charge in [-0.25, -0.2) is 0 Å². The molecule has 1 aromatic rings. The summed E-state index contributed by atoms with van der Waals surface area (Å²) < 4.78 is 11.2. The zero-order valence-corrected chi connectivity index (χ0v) is 8.30. The predicted molar refractivity (Wildman–Crippen MR) is 54.9 cm³/mol. The third-order valence-corrected chi connectivity index (χ3v) is 3.01. The van der Waals surface area contributed by atoms with Gasteiger partial charge in [0.2, 0.25) is 0 Å². The Balaban J connectivity index is 2.31. The van der Waals surface area contributed by atoms with Gasteiger partial charge >= 0.3 is 0 Å². The van der Waals surface area contributed by atoms with Crippen LogP contribution in [-0.4, -0.2) is 27.2 Å². The highest BCUT2D eigenvalue weighted by Gasteiger charge is 1.99. The summed E-state index contributed by atoms with van der Waals surface area (Å²) in [7, 11) is -0.786. The molecular weight excluding hydrogens is 184 g/mol. The summed E-state index contributed by atoms with van der Waals surface area (Å²) in [6.07, 6.45) is 2.52. The lowest BCUT2D eigenvalue weighted by Gasteiger charge is -1.99. The first kappa shape index (κ1) is 10.3. The zero-order chi connectivity index (χ0) is 9.52. The molecule has 1 aromatic heterocycles. The third-order valence-electron chi connectivity index (χ3n) is 1.66. The highest BCUT2D eigenvalue weighted by molar-refractivity contribution is 7.84. The first-order chi connectivity index (χ1) is 6.33. The van der Waals surface area contributed by atoms with Crippen molar-refractivity contribution in [3.8, 4) is 0 Å². The highest BCUT2D eigenvalue weighted by Crippen LogP contribution is 1.96. The molecule has 0 aliphatic rings. The molecule has 4 heteroatoms. The Morgan fingerprint density at radius 1 is 1.38 bits per heavy atom. The van der Waals surface area contributed by atoms with Crippen LogP contribution in [0.1, 0.15) is 5.69 Å². The van der Waals surface area contributed by atoms with Crippen LogP contribution in [0.2, 0.25) is 0 Å². The van der Waals surface area contributed by atoms with Gasteiger partial charge in [-0.2, -0.15) is 0 Å². The Labute approximate surface area is 80.8 Å². The standard InChI is InChI=1S/C9H14N2OS/c10-5-8-13(12)7-4-9-3-1-2-6-11-9/h1-3,6H,4-5,7-8,10H2. The lowest BCUT2D eigenvalue weighted by atomic mass is 10.3. The van der Waals surface area contributed by atoms with E-state index in [2.05, 4.69) is 4.98 Å². The van der Waals surface area contributed by atoms with Gasteiger partial charge in [-0.15, -0.1) is 0 Å². The number of rotatable bonds is 5. The number of hydrogen-bond acceptors (Lipinski definition) is 3. The van der Waals surface area contributed by atoms with Crippen LogP contribution >= 0.6 is 0 Å². The Bertz CT molecular complexity index is 264. The van der Waals surface area contributed by atoms with Gasteiger partial charge in [-0.1, -0.05) is 6.07 Å². The second-order valence-corrected chi connectivity index (χ2v) is 4.40. The Morgan fingerprint density at radius 2 is 2.23 bits per heavy atom. The summed E-state index contributed by atoms with van der Waals surface area (Å²) in [5, 5.41) is 0. The predicted octanol–water partition coefficient (Wildman–Crippen LogP) is 0.331. The van der Waals surface area contributed by atoms with E-state index in [-0.39, 0.29) is 0 Å². The minimum atomic E-state index is -0.786. The van der Waals surface area contributed by atoms with Crippen molar-refractivity contribution in [2.45, 2.75) is 6.42 Å². The van der Waals surface area contributed by atoms with Crippen LogP contribution in [0.5, 0.6) is 0 Å². The summed E-state index contributed by atoms with van der Waals surface area (Å²) in [4.78, 5) is 4.15. The van der Waals surface area contributed by atoms with Gasteiger partial charge in [-0.05, 0) is 12.1 Å². The molecule has 0 bridgehead atoms. The lowest BCUT2D eigenvalue weighted by molar-refractivity contribution is 0.681. The molecule has 0 amide bonds. The van der Waals surface area contributed by atoms with Crippen molar-refractivity contribution in [1.82, 2.24) is 4.98 Å². The normalized spacial score (nSPS) is 12.7. The zero-order valence-electron chi connectivity index (χ0n) is 7.48. The molecule has 1 atom stereocenters. The fourth-order valence-corrected chi connectivity index (χ4v) is 1.90. The maximum atomic E-state index is 11.2. The first-order valence-corrected chi connectivity index (χ1v) is 5.76. The van der Waals surface area contributed by atoms with Crippen LogP contribution < -0.4 is 5.73 Å². The van der Waals surface area contributed by atoms with Gasteiger partial charge in [0.15, 0.2) is 0 Å². The van der Waals surface area contributed by atoms with E-state index in [9.17, 15) is 4.21 Å². The number of nitrogens with zero attached hydrogens (tertiary/aromatic N) is 1. The monoisotopic (exact) mass is 198 g/mol. The minimum Gasteiger partial charge on any atom is -0.330 e. The number of nitrogens with two attached hydrogens (primary N) is 1. The molecule has 1 heterocycles. The van der Waals surface area contributed by atoms with Crippen LogP contribution in [0, 0.1) is 0 Å². The van der Waals surface area contributed by atoms with E-state index in [0.29, 0.717) is 18.1 Å². The minimum absolute atomic E-state index is 0.495. The molecule has 1 unspecified atom stereocenters. The molecule has 0 spiro atoms. The van der Waals surface area contributed by atoms with Crippen molar-refractivity contribution in [1.29, 1.82) is 0 Å². The quantitative estimate of drug-likeness (QED) is 0.742. The fraction of sp³-hybridized carbons (Fsp3) is 0.444. The topological polar surface area (TPSA) is 56.0 Å². The average molecular weight is 198 g/mol. The maximum absolute atomic E-state index is 11.2. The molecule has 0 aromatic carbocycles. The summed E-state index contributed by atoms with van der Waals surface area (Å²) in [6, 6.07) is 5.76. The molecule has 0 saturated carbocycles. The van der Waals surface area contributed by atoms with Gasteiger partial charge in [0.25, 0.3) is 0 Å². The largest absolute Gasteiger partial charge is 0.330 e. The Hall–Kier alpha value is -0.740. The van der Waals surface area contributed by atoms with Crippen LogP contribution in [0.3, 0.4) is 0 Å². The lowest BCUT2D eigenvalue weighted by Crippen LogP contribution is -2.13. The Morgan fingerprint density at radius 3 is 2.85 bits per heavy atom. The second-order valence-electron chi connectivity index (χ2n) is 2.71. The number of hydrogen-bond donors (Lipinski definition) is 1. The SMILES string of the molecule is NCCS(=O)CCc1ccccn1. The summed E-state index contributed by atoms with van der Waals surface area (Å²) in [6.45, 7) is 0.495. The van der Waals surface area contributed by atoms with Gasteiger partial charge in [-0.3, -0.25) is 9.19 Å². The van der Waals surface area contributed by atoms with Gasteiger partial charge in [0.1, 0.15) is 0 Å². The van der Waals surface area contributed by atoms with E-state index in [1.54, 1.807) is 6.20 Å². The first-order valence-electron chi connectivity index (χ1n) is 4.28. The molecule has 0 fully saturated rings. The summed E-state index contributed by atoms with van der Waals surface area (Å²) in [5.74, 6) is 1.25. The molecule has 2 N–H and O–H groups in total. The maximum Gasteiger partial charge on any atom is 0.0412 e. The molecule has 0 aliphatic carbocycles. The van der Waals surface area contributed by atoms with E-state index in [4.69, 9.17) is 5.73 Å². The summed E-state index contributed by atoms with van der Waals surface area (Å²) in [5.41, 5.74) is 6.28. The molecule has 72 valence electrons. The Kier molecular flexibility index (Phi) is 4.64. The average Bonchev–Trinajstić information content (AvgIpc) is 2.17. The van der Waals surface area contributed by atoms with Crippen molar-refractivity contribution >= 4 is 10.8 Å². The number of pyridine rings is 1. The van der Waals surface area contributed by atoms with E-state index in [1.807, 2.05) is 18.2 Å². The number of aryl methyl sites for hydroxylation is 1. The van der Waals surface area contributed by atoms with E-state index < -0.39 is 10.8 Å². The molecule has 1 rings (SSSR count).